The number of thiophene rings is 1. The van der Waals surface area contributed by atoms with Gasteiger partial charge in [-0.1, -0.05) is 0 Å². The van der Waals surface area contributed by atoms with Gasteiger partial charge in [0.2, 0.25) is 0 Å². The maximum atomic E-state index is 13.1. The fourth-order valence-corrected chi connectivity index (χ4v) is 2.66. The molecule has 0 aliphatic rings. The largest absolute Gasteiger partial charge is 0.508 e. The van der Waals surface area contributed by atoms with Crippen molar-refractivity contribution in [3.05, 3.63) is 51.5 Å². The molecule has 18 heavy (non-hydrogen) atoms. The van der Waals surface area contributed by atoms with Gasteiger partial charge in [-0.25, -0.2) is 4.39 Å². The summed E-state index contributed by atoms with van der Waals surface area (Å²) >= 11 is 1.73. The molecule has 0 saturated carbocycles. The van der Waals surface area contributed by atoms with E-state index in [-0.39, 0.29) is 17.6 Å². The number of benzene rings is 1. The summed E-state index contributed by atoms with van der Waals surface area (Å²) in [5.41, 5.74) is 0.586. The molecule has 0 aliphatic carbocycles. The zero-order chi connectivity index (χ0) is 13.1. The molecule has 2 nitrogen and oxygen atoms in total. The van der Waals surface area contributed by atoms with Crippen molar-refractivity contribution in [3.63, 3.8) is 0 Å². The number of halogens is 1. The molecule has 0 saturated heterocycles. The first-order valence-corrected chi connectivity index (χ1v) is 6.65. The van der Waals surface area contributed by atoms with E-state index in [1.54, 1.807) is 11.3 Å². The van der Waals surface area contributed by atoms with E-state index in [1.807, 2.05) is 6.92 Å². The van der Waals surface area contributed by atoms with Crippen LogP contribution in [0, 0.1) is 12.7 Å². The van der Waals surface area contributed by atoms with E-state index in [2.05, 4.69) is 24.4 Å². The molecule has 1 aromatic heterocycles. The van der Waals surface area contributed by atoms with Gasteiger partial charge in [-0.05, 0) is 44.2 Å². The van der Waals surface area contributed by atoms with E-state index in [4.69, 9.17) is 0 Å². The predicted molar refractivity (Wildman–Crippen MR) is 72.4 cm³/mol. The predicted octanol–water partition coefficient (Wildman–Crippen LogP) is 3.75. The Morgan fingerprint density at radius 2 is 2.11 bits per heavy atom. The highest BCUT2D eigenvalue weighted by atomic mass is 32.1. The molecule has 0 aliphatic heterocycles. The van der Waals surface area contributed by atoms with E-state index in [1.165, 1.54) is 28.0 Å². The fraction of sp³-hybridized carbons (Fsp3) is 0.286. The molecule has 1 heterocycles. The Balaban J connectivity index is 2.03. The van der Waals surface area contributed by atoms with Crippen LogP contribution in [-0.2, 0) is 6.54 Å². The standard InChI is InChI=1S/C14H16FNOS/c1-9-3-5-12(18-9)8-16-10(2)13-7-11(15)4-6-14(13)17/h3-7,10,16-17H,8H2,1-2H3. The van der Waals surface area contributed by atoms with Crippen molar-refractivity contribution in [1.82, 2.24) is 5.32 Å². The number of rotatable bonds is 4. The number of nitrogens with one attached hydrogen (secondary N) is 1. The highest BCUT2D eigenvalue weighted by Gasteiger charge is 2.11. The van der Waals surface area contributed by atoms with Gasteiger partial charge in [0, 0.05) is 27.9 Å². The van der Waals surface area contributed by atoms with Crippen LogP contribution in [-0.4, -0.2) is 5.11 Å². The molecule has 0 fully saturated rings. The second kappa shape index (κ2) is 5.50. The van der Waals surface area contributed by atoms with Crippen molar-refractivity contribution < 1.29 is 9.50 Å². The first-order chi connectivity index (χ1) is 8.56. The molecule has 2 aromatic rings. The van der Waals surface area contributed by atoms with E-state index < -0.39 is 0 Å². The Hall–Kier alpha value is -1.39. The van der Waals surface area contributed by atoms with Gasteiger partial charge in [0.25, 0.3) is 0 Å². The van der Waals surface area contributed by atoms with Crippen LogP contribution in [0.3, 0.4) is 0 Å². The van der Waals surface area contributed by atoms with Crippen LogP contribution in [0.5, 0.6) is 5.75 Å². The number of hydrogen-bond donors (Lipinski definition) is 2. The normalized spacial score (nSPS) is 12.6. The Morgan fingerprint density at radius 3 is 2.78 bits per heavy atom. The summed E-state index contributed by atoms with van der Waals surface area (Å²) in [6, 6.07) is 8.07. The number of hydrogen-bond acceptors (Lipinski definition) is 3. The topological polar surface area (TPSA) is 32.3 Å². The Kier molecular flexibility index (Phi) is 3.99. The van der Waals surface area contributed by atoms with E-state index in [9.17, 15) is 9.50 Å². The molecule has 1 aromatic carbocycles. The summed E-state index contributed by atoms with van der Waals surface area (Å²) in [4.78, 5) is 2.50. The summed E-state index contributed by atoms with van der Waals surface area (Å²) in [7, 11) is 0. The molecule has 1 atom stereocenters. The van der Waals surface area contributed by atoms with Crippen molar-refractivity contribution in [2.75, 3.05) is 0 Å². The van der Waals surface area contributed by atoms with Crippen LogP contribution in [0.25, 0.3) is 0 Å². The average molecular weight is 265 g/mol. The maximum absolute atomic E-state index is 13.1. The van der Waals surface area contributed by atoms with Gasteiger partial charge in [0.1, 0.15) is 11.6 Å². The zero-order valence-corrected chi connectivity index (χ0v) is 11.2. The van der Waals surface area contributed by atoms with Crippen molar-refractivity contribution in [1.29, 1.82) is 0 Å². The molecule has 96 valence electrons. The molecule has 0 bridgehead atoms. The second-order valence-corrected chi connectivity index (χ2v) is 5.69. The molecule has 4 heteroatoms. The summed E-state index contributed by atoms with van der Waals surface area (Å²) < 4.78 is 13.1. The van der Waals surface area contributed by atoms with Gasteiger partial charge in [0.05, 0.1) is 0 Å². The van der Waals surface area contributed by atoms with Crippen LogP contribution >= 0.6 is 11.3 Å². The minimum atomic E-state index is -0.330. The Bertz CT molecular complexity index is 538. The highest BCUT2D eigenvalue weighted by Crippen LogP contribution is 2.25. The minimum Gasteiger partial charge on any atom is -0.508 e. The molecular formula is C14H16FNOS. The van der Waals surface area contributed by atoms with Crippen molar-refractivity contribution in [2.24, 2.45) is 0 Å². The number of phenols is 1. The summed E-state index contributed by atoms with van der Waals surface area (Å²) in [6.07, 6.45) is 0. The van der Waals surface area contributed by atoms with Gasteiger partial charge in [-0.2, -0.15) is 0 Å². The summed E-state index contributed by atoms with van der Waals surface area (Å²) in [5.74, 6) is -0.206. The highest BCUT2D eigenvalue weighted by molar-refractivity contribution is 7.11. The fourth-order valence-electron chi connectivity index (χ4n) is 1.82. The summed E-state index contributed by atoms with van der Waals surface area (Å²) in [6.45, 7) is 4.70. The van der Waals surface area contributed by atoms with Crippen LogP contribution in [0.4, 0.5) is 4.39 Å². The maximum Gasteiger partial charge on any atom is 0.123 e. The zero-order valence-electron chi connectivity index (χ0n) is 10.4. The molecule has 2 rings (SSSR count). The van der Waals surface area contributed by atoms with Gasteiger partial charge >= 0.3 is 0 Å². The summed E-state index contributed by atoms with van der Waals surface area (Å²) in [5, 5.41) is 13.0. The first kappa shape index (κ1) is 13.1. The van der Waals surface area contributed by atoms with Gasteiger partial charge in [-0.15, -0.1) is 11.3 Å². The van der Waals surface area contributed by atoms with Gasteiger partial charge < -0.3 is 10.4 Å². The van der Waals surface area contributed by atoms with E-state index in [0.29, 0.717) is 5.56 Å². The monoisotopic (exact) mass is 265 g/mol. The molecule has 0 spiro atoms. The lowest BCUT2D eigenvalue weighted by molar-refractivity contribution is 0.449. The third kappa shape index (κ3) is 3.09. The van der Waals surface area contributed by atoms with Gasteiger partial charge in [0.15, 0.2) is 0 Å². The third-order valence-corrected chi connectivity index (χ3v) is 3.84. The van der Waals surface area contributed by atoms with Crippen molar-refractivity contribution in [3.8, 4) is 5.75 Å². The lowest BCUT2D eigenvalue weighted by atomic mass is 10.1. The second-order valence-electron chi connectivity index (χ2n) is 4.32. The number of aryl methyl sites for hydroxylation is 1. The van der Waals surface area contributed by atoms with E-state index in [0.717, 1.165) is 6.54 Å². The third-order valence-electron chi connectivity index (χ3n) is 2.83. The van der Waals surface area contributed by atoms with Crippen LogP contribution in [0.1, 0.15) is 28.3 Å². The first-order valence-electron chi connectivity index (χ1n) is 5.83. The van der Waals surface area contributed by atoms with Crippen LogP contribution < -0.4 is 5.32 Å². The van der Waals surface area contributed by atoms with Crippen molar-refractivity contribution >= 4 is 11.3 Å². The lowest BCUT2D eigenvalue weighted by Gasteiger charge is -2.15. The molecule has 0 amide bonds. The molecule has 1 unspecified atom stereocenters. The SMILES string of the molecule is Cc1ccc(CNC(C)c2cc(F)ccc2O)s1. The lowest BCUT2D eigenvalue weighted by Crippen LogP contribution is -2.17. The number of aromatic hydroxyl groups is 1. The van der Waals surface area contributed by atoms with Gasteiger partial charge in [-0.3, -0.25) is 0 Å². The smallest absolute Gasteiger partial charge is 0.123 e. The number of phenolic OH excluding ortho intramolecular Hbond substituents is 1. The molecule has 2 N–H and O–H groups in total. The minimum absolute atomic E-state index is 0.0943. The Morgan fingerprint density at radius 1 is 1.33 bits per heavy atom. The van der Waals surface area contributed by atoms with Crippen LogP contribution in [0.2, 0.25) is 0 Å². The van der Waals surface area contributed by atoms with E-state index >= 15 is 0 Å². The average Bonchev–Trinajstić information content (AvgIpc) is 2.75. The quantitative estimate of drug-likeness (QED) is 0.882. The van der Waals surface area contributed by atoms with Crippen LogP contribution in [0.15, 0.2) is 30.3 Å². The molecular weight excluding hydrogens is 249 g/mol. The van der Waals surface area contributed by atoms with Crippen molar-refractivity contribution in [2.45, 2.75) is 26.4 Å². The molecule has 0 radical (unpaired) electrons. The Labute approximate surface area is 110 Å².